The van der Waals surface area contributed by atoms with Crippen molar-refractivity contribution in [3.8, 4) is 0 Å². The van der Waals surface area contributed by atoms with E-state index in [2.05, 4.69) is 20.2 Å². The van der Waals surface area contributed by atoms with Gasteiger partial charge in [0.1, 0.15) is 18.0 Å². The summed E-state index contributed by atoms with van der Waals surface area (Å²) in [5.41, 5.74) is -5.23. The Morgan fingerprint density at radius 3 is 2.37 bits per heavy atom. The smallest absolute Gasteiger partial charge is 0.370 e. The molecule has 0 amide bonds. The maximum atomic E-state index is 12.6. The lowest BCUT2D eigenvalue weighted by atomic mass is 9.98. The minimum absolute atomic E-state index is 0.0954. The molecule has 2 aliphatic rings. The van der Waals surface area contributed by atoms with Gasteiger partial charge in [0, 0.05) is 38.8 Å². The third-order valence-electron chi connectivity index (χ3n) is 5.11. The van der Waals surface area contributed by atoms with E-state index in [9.17, 15) is 21.6 Å². The average molecular weight is 407 g/mol. The van der Waals surface area contributed by atoms with Crippen molar-refractivity contribution in [3.05, 3.63) is 12.4 Å². The molecule has 0 aromatic carbocycles. The van der Waals surface area contributed by atoms with E-state index in [0.29, 0.717) is 29.5 Å². The molecular weight excluding hydrogens is 383 g/mol. The number of alkyl halides is 3. The van der Waals surface area contributed by atoms with Gasteiger partial charge in [0.2, 0.25) is 0 Å². The molecule has 0 bridgehead atoms. The van der Waals surface area contributed by atoms with Crippen molar-refractivity contribution in [3.63, 3.8) is 0 Å². The van der Waals surface area contributed by atoms with Gasteiger partial charge in [-0.3, -0.25) is 0 Å². The van der Waals surface area contributed by atoms with Crippen LogP contribution in [0.5, 0.6) is 0 Å². The molecule has 0 radical (unpaired) electrons. The number of halogens is 3. The van der Waals surface area contributed by atoms with Gasteiger partial charge in [0.15, 0.2) is 0 Å². The summed E-state index contributed by atoms with van der Waals surface area (Å²) < 4.78 is 61.3. The zero-order valence-corrected chi connectivity index (χ0v) is 15.8. The van der Waals surface area contributed by atoms with Crippen molar-refractivity contribution in [2.75, 3.05) is 42.9 Å². The Kier molecular flexibility index (Phi) is 6.09. The Labute approximate surface area is 157 Å². The predicted octanol–water partition coefficient (Wildman–Crippen LogP) is 2.44. The largest absolute Gasteiger partial charge is 0.511 e. The van der Waals surface area contributed by atoms with Crippen LogP contribution in [0.4, 0.5) is 24.8 Å². The molecule has 0 unspecified atom stereocenters. The van der Waals surface area contributed by atoms with E-state index in [1.807, 2.05) is 6.07 Å². The Morgan fingerprint density at radius 2 is 1.74 bits per heavy atom. The molecule has 2 saturated heterocycles. The number of sulfonamides is 1. The maximum Gasteiger partial charge on any atom is 0.511 e. The van der Waals surface area contributed by atoms with Gasteiger partial charge in [0.25, 0.3) is 0 Å². The zero-order chi connectivity index (χ0) is 19.5. The second-order valence-corrected chi connectivity index (χ2v) is 8.91. The molecule has 0 saturated carbocycles. The number of rotatable bonds is 5. The number of nitrogens with zero attached hydrogens (tertiary/aromatic N) is 4. The minimum atomic E-state index is -5.23. The third kappa shape index (κ3) is 4.81. The van der Waals surface area contributed by atoms with Crippen LogP contribution in [-0.2, 0) is 10.0 Å². The monoisotopic (exact) mass is 407 g/mol. The molecule has 0 spiro atoms. The topological polar surface area (TPSA) is 78.4 Å². The van der Waals surface area contributed by atoms with Crippen molar-refractivity contribution >= 4 is 21.7 Å². The number of hydrogen-bond donors (Lipinski definition) is 1. The van der Waals surface area contributed by atoms with E-state index in [4.69, 9.17) is 0 Å². The van der Waals surface area contributed by atoms with E-state index in [1.54, 1.807) is 0 Å². The Bertz CT molecular complexity index is 730. The van der Waals surface area contributed by atoms with Gasteiger partial charge in [0.05, 0.1) is 0 Å². The van der Waals surface area contributed by atoms with Crippen LogP contribution in [-0.4, -0.2) is 60.9 Å². The van der Waals surface area contributed by atoms with Crippen LogP contribution < -0.4 is 10.2 Å². The van der Waals surface area contributed by atoms with Gasteiger partial charge >= 0.3 is 15.5 Å². The number of anilines is 2. The summed E-state index contributed by atoms with van der Waals surface area (Å²) in [4.78, 5) is 10.7. The summed E-state index contributed by atoms with van der Waals surface area (Å²) in [6.45, 7) is 2.26. The van der Waals surface area contributed by atoms with Crippen LogP contribution in [0, 0.1) is 5.92 Å². The van der Waals surface area contributed by atoms with Crippen LogP contribution in [0.25, 0.3) is 0 Å². The van der Waals surface area contributed by atoms with Crippen LogP contribution in [0.15, 0.2) is 12.4 Å². The van der Waals surface area contributed by atoms with Crippen molar-refractivity contribution < 1.29 is 21.6 Å². The molecule has 1 aromatic rings. The minimum Gasteiger partial charge on any atom is -0.370 e. The van der Waals surface area contributed by atoms with Crippen molar-refractivity contribution in [2.45, 2.75) is 37.6 Å². The standard InChI is InChI=1S/C16H24F3N5O2S/c17-16(18,19)27(25,26)24-8-4-13(5-9-24)11-20-14-10-15(22-12-21-14)23-6-2-1-3-7-23/h10,12-13H,1-9,11H2,(H,20,21,22). The summed E-state index contributed by atoms with van der Waals surface area (Å²) in [6.07, 6.45) is 5.79. The van der Waals surface area contributed by atoms with Crippen LogP contribution in [0.2, 0.25) is 0 Å². The fraction of sp³-hybridized carbons (Fsp3) is 0.750. The number of piperidine rings is 2. The van der Waals surface area contributed by atoms with Gasteiger partial charge in [-0.05, 0) is 38.0 Å². The van der Waals surface area contributed by atoms with Crippen molar-refractivity contribution in [1.29, 1.82) is 0 Å². The molecule has 1 aromatic heterocycles. The molecule has 0 aliphatic carbocycles. The molecule has 27 heavy (non-hydrogen) atoms. The van der Waals surface area contributed by atoms with E-state index in [-0.39, 0.29) is 19.0 Å². The Morgan fingerprint density at radius 1 is 1.07 bits per heavy atom. The van der Waals surface area contributed by atoms with E-state index < -0.39 is 15.5 Å². The molecule has 3 rings (SSSR count). The molecule has 11 heteroatoms. The SMILES string of the molecule is O=S(=O)(N1CCC(CNc2cc(N3CCCCC3)ncn2)CC1)C(F)(F)F. The summed E-state index contributed by atoms with van der Waals surface area (Å²) in [5.74, 6) is 1.65. The third-order valence-corrected chi connectivity index (χ3v) is 6.74. The first-order chi connectivity index (χ1) is 12.8. The molecular formula is C16H24F3N5O2S. The summed E-state index contributed by atoms with van der Waals surface area (Å²) in [7, 11) is -5.22. The lowest BCUT2D eigenvalue weighted by Crippen LogP contribution is -2.45. The van der Waals surface area contributed by atoms with E-state index in [1.165, 1.54) is 12.7 Å². The van der Waals surface area contributed by atoms with Crippen LogP contribution in [0.3, 0.4) is 0 Å². The van der Waals surface area contributed by atoms with E-state index in [0.717, 1.165) is 31.7 Å². The summed E-state index contributed by atoms with van der Waals surface area (Å²) in [5, 5.41) is 3.21. The molecule has 2 fully saturated rings. The normalized spacial score (nSPS) is 20.6. The number of nitrogens with one attached hydrogen (secondary N) is 1. The second-order valence-electron chi connectivity index (χ2n) is 6.98. The predicted molar refractivity (Wildman–Crippen MR) is 95.9 cm³/mol. The summed E-state index contributed by atoms with van der Waals surface area (Å²) in [6, 6.07) is 1.88. The summed E-state index contributed by atoms with van der Waals surface area (Å²) >= 11 is 0. The maximum absolute atomic E-state index is 12.6. The highest BCUT2D eigenvalue weighted by atomic mass is 32.2. The van der Waals surface area contributed by atoms with Gasteiger partial charge < -0.3 is 10.2 Å². The van der Waals surface area contributed by atoms with E-state index >= 15 is 0 Å². The molecule has 0 atom stereocenters. The Balaban J connectivity index is 1.50. The molecule has 7 nitrogen and oxygen atoms in total. The van der Waals surface area contributed by atoms with Crippen LogP contribution in [0.1, 0.15) is 32.1 Å². The fourth-order valence-electron chi connectivity index (χ4n) is 3.49. The first kappa shape index (κ1) is 20.1. The quantitative estimate of drug-likeness (QED) is 0.808. The van der Waals surface area contributed by atoms with Crippen molar-refractivity contribution in [1.82, 2.24) is 14.3 Å². The lowest BCUT2D eigenvalue weighted by Gasteiger charge is -2.31. The molecule has 152 valence electrons. The highest BCUT2D eigenvalue weighted by molar-refractivity contribution is 7.90. The molecule has 3 heterocycles. The highest BCUT2D eigenvalue weighted by Gasteiger charge is 2.50. The van der Waals surface area contributed by atoms with Gasteiger partial charge in [-0.25, -0.2) is 18.4 Å². The van der Waals surface area contributed by atoms with Gasteiger partial charge in [-0.2, -0.15) is 17.5 Å². The number of aromatic nitrogens is 2. The fourth-order valence-corrected chi connectivity index (χ4v) is 4.47. The lowest BCUT2D eigenvalue weighted by molar-refractivity contribution is -0.0496. The molecule has 1 N–H and O–H groups in total. The first-order valence-corrected chi connectivity index (χ1v) is 10.6. The molecule has 2 aliphatic heterocycles. The van der Waals surface area contributed by atoms with Gasteiger partial charge in [-0.1, -0.05) is 0 Å². The van der Waals surface area contributed by atoms with Gasteiger partial charge in [-0.15, -0.1) is 0 Å². The van der Waals surface area contributed by atoms with Crippen LogP contribution >= 0.6 is 0 Å². The zero-order valence-electron chi connectivity index (χ0n) is 15.0. The second kappa shape index (κ2) is 8.17. The Hall–Kier alpha value is -1.62. The highest BCUT2D eigenvalue weighted by Crippen LogP contribution is 2.30. The number of hydrogen-bond acceptors (Lipinski definition) is 6. The van der Waals surface area contributed by atoms with Crippen molar-refractivity contribution in [2.24, 2.45) is 5.92 Å². The average Bonchev–Trinajstić information content (AvgIpc) is 2.67. The first-order valence-electron chi connectivity index (χ1n) is 9.14.